The van der Waals surface area contributed by atoms with Gasteiger partial charge in [-0.25, -0.2) is 4.98 Å². The van der Waals surface area contributed by atoms with Crippen LogP contribution < -0.4 is 0 Å². The van der Waals surface area contributed by atoms with Crippen LogP contribution in [0.15, 0.2) is 18.2 Å². The minimum Gasteiger partial charge on any atom is -0.327 e. The van der Waals surface area contributed by atoms with Crippen molar-refractivity contribution in [2.45, 2.75) is 31.7 Å². The van der Waals surface area contributed by atoms with E-state index < -0.39 is 0 Å². The summed E-state index contributed by atoms with van der Waals surface area (Å²) in [6.07, 6.45) is 3.77. The summed E-state index contributed by atoms with van der Waals surface area (Å²) < 4.78 is 2.24. The number of aromatic nitrogens is 2. The van der Waals surface area contributed by atoms with E-state index in [0.717, 1.165) is 34.3 Å². The fraction of sp³-hybridized carbons (Fsp3) is 0.562. The lowest BCUT2D eigenvalue weighted by atomic mass is 9.94. The van der Waals surface area contributed by atoms with Crippen LogP contribution >= 0.6 is 23.2 Å². The van der Waals surface area contributed by atoms with E-state index in [1.807, 2.05) is 18.2 Å². The van der Waals surface area contributed by atoms with Crippen molar-refractivity contribution in [3.05, 3.63) is 29.0 Å². The molecule has 0 aliphatic carbocycles. The number of halogens is 2. The molecule has 0 unspecified atom stereocenters. The van der Waals surface area contributed by atoms with Crippen LogP contribution in [-0.2, 0) is 12.4 Å². The molecule has 0 N–H and O–H groups in total. The fourth-order valence-corrected chi connectivity index (χ4v) is 3.53. The lowest BCUT2D eigenvalue weighted by molar-refractivity contribution is 0.208. The first-order valence-corrected chi connectivity index (χ1v) is 8.48. The summed E-state index contributed by atoms with van der Waals surface area (Å²) in [4.78, 5) is 7.02. The Morgan fingerprint density at radius 1 is 1.29 bits per heavy atom. The summed E-state index contributed by atoms with van der Waals surface area (Å²) in [6.45, 7) is 3.40. The zero-order valence-electron chi connectivity index (χ0n) is 12.4. The number of benzene rings is 1. The highest BCUT2D eigenvalue weighted by Gasteiger charge is 2.18. The van der Waals surface area contributed by atoms with Gasteiger partial charge in [-0.05, 0) is 63.5 Å². The van der Waals surface area contributed by atoms with Gasteiger partial charge in [-0.15, -0.1) is 11.6 Å². The number of alkyl halides is 1. The Kier molecular flexibility index (Phi) is 4.72. The lowest BCUT2D eigenvalue weighted by Crippen LogP contribution is -2.30. The van der Waals surface area contributed by atoms with Crippen LogP contribution in [-0.4, -0.2) is 34.6 Å². The van der Waals surface area contributed by atoms with Gasteiger partial charge in [0.2, 0.25) is 0 Å². The predicted molar refractivity (Wildman–Crippen MR) is 89.1 cm³/mol. The molecule has 2 aromatic rings. The van der Waals surface area contributed by atoms with E-state index in [2.05, 4.69) is 21.5 Å². The summed E-state index contributed by atoms with van der Waals surface area (Å²) in [5.74, 6) is 2.20. The molecule has 114 valence electrons. The first kappa shape index (κ1) is 15.1. The Balaban J connectivity index is 1.77. The number of nitrogens with zero attached hydrogens (tertiary/aromatic N) is 3. The number of imidazole rings is 1. The van der Waals surface area contributed by atoms with Crippen LogP contribution in [0.3, 0.4) is 0 Å². The highest BCUT2D eigenvalue weighted by molar-refractivity contribution is 6.31. The first-order valence-electron chi connectivity index (χ1n) is 7.56. The molecule has 0 amide bonds. The topological polar surface area (TPSA) is 21.1 Å². The Hall–Kier alpha value is -0.770. The van der Waals surface area contributed by atoms with Crippen LogP contribution in [0.5, 0.6) is 0 Å². The molecule has 0 spiro atoms. The second-order valence-electron chi connectivity index (χ2n) is 5.98. The molecule has 3 nitrogen and oxygen atoms in total. The third-order valence-electron chi connectivity index (χ3n) is 4.51. The van der Waals surface area contributed by atoms with Crippen molar-refractivity contribution in [2.24, 2.45) is 5.92 Å². The van der Waals surface area contributed by atoms with Crippen LogP contribution in [0.2, 0.25) is 5.02 Å². The molecule has 0 atom stereocenters. The van der Waals surface area contributed by atoms with E-state index in [9.17, 15) is 0 Å². The zero-order chi connectivity index (χ0) is 14.8. The molecule has 21 heavy (non-hydrogen) atoms. The maximum absolute atomic E-state index is 6.13. The quantitative estimate of drug-likeness (QED) is 0.787. The molecule has 0 saturated carbocycles. The van der Waals surface area contributed by atoms with E-state index >= 15 is 0 Å². The molecular weight excluding hydrogens is 305 g/mol. The summed E-state index contributed by atoms with van der Waals surface area (Å²) in [5, 5.41) is 0.754. The molecule has 1 aliphatic rings. The van der Waals surface area contributed by atoms with E-state index in [1.165, 1.54) is 32.4 Å². The van der Waals surface area contributed by atoms with Gasteiger partial charge < -0.3 is 9.47 Å². The summed E-state index contributed by atoms with van der Waals surface area (Å²) in [6, 6.07) is 5.85. The van der Waals surface area contributed by atoms with Crippen molar-refractivity contribution < 1.29 is 0 Å². The molecule has 0 bridgehead atoms. The molecule has 2 heterocycles. The van der Waals surface area contributed by atoms with Gasteiger partial charge in [0.15, 0.2) is 0 Å². The van der Waals surface area contributed by atoms with Crippen LogP contribution in [0.4, 0.5) is 0 Å². The number of hydrogen-bond donors (Lipinski definition) is 0. The highest BCUT2D eigenvalue weighted by Crippen LogP contribution is 2.25. The Morgan fingerprint density at radius 3 is 2.76 bits per heavy atom. The average molecular weight is 326 g/mol. The van der Waals surface area contributed by atoms with Crippen LogP contribution in [0.1, 0.15) is 25.1 Å². The number of likely N-dealkylation sites (tertiary alicyclic amines) is 1. The highest BCUT2D eigenvalue weighted by atomic mass is 35.5. The smallest absolute Gasteiger partial charge is 0.124 e. The summed E-state index contributed by atoms with van der Waals surface area (Å²) in [7, 11) is 2.20. The maximum atomic E-state index is 6.13. The van der Waals surface area contributed by atoms with Gasteiger partial charge in [0, 0.05) is 11.6 Å². The van der Waals surface area contributed by atoms with Gasteiger partial charge in [0.05, 0.1) is 16.9 Å². The molecule has 0 radical (unpaired) electrons. The van der Waals surface area contributed by atoms with E-state index in [0.29, 0.717) is 5.88 Å². The Bertz CT molecular complexity index is 615. The van der Waals surface area contributed by atoms with Crippen LogP contribution in [0, 0.1) is 5.92 Å². The molecule has 3 rings (SSSR count). The standard InChI is InChI=1S/C16H21Cl2N3/c1-20-7-4-12(5-8-20)6-9-21-15-10-13(18)2-3-14(15)19-16(21)11-17/h2-3,10,12H,4-9,11H2,1H3. The van der Waals surface area contributed by atoms with Crippen molar-refractivity contribution >= 4 is 34.2 Å². The SMILES string of the molecule is CN1CCC(CCn2c(CCl)nc3ccc(Cl)cc32)CC1. The second-order valence-corrected chi connectivity index (χ2v) is 6.69. The van der Waals surface area contributed by atoms with Crippen molar-refractivity contribution in [1.29, 1.82) is 0 Å². The van der Waals surface area contributed by atoms with Crippen molar-refractivity contribution in [3.8, 4) is 0 Å². The fourth-order valence-electron chi connectivity index (χ4n) is 3.16. The first-order chi connectivity index (χ1) is 10.2. The minimum atomic E-state index is 0.444. The Morgan fingerprint density at radius 2 is 2.05 bits per heavy atom. The van der Waals surface area contributed by atoms with Crippen molar-refractivity contribution in [3.63, 3.8) is 0 Å². The third kappa shape index (κ3) is 3.36. The van der Waals surface area contributed by atoms with Gasteiger partial charge in [0.25, 0.3) is 0 Å². The van der Waals surface area contributed by atoms with Crippen LogP contribution in [0.25, 0.3) is 11.0 Å². The van der Waals surface area contributed by atoms with E-state index in [4.69, 9.17) is 23.2 Å². The van der Waals surface area contributed by atoms with Gasteiger partial charge in [0.1, 0.15) is 5.82 Å². The zero-order valence-corrected chi connectivity index (χ0v) is 13.9. The molecule has 1 aromatic carbocycles. The molecular formula is C16H21Cl2N3. The number of piperidine rings is 1. The normalized spacial score (nSPS) is 17.7. The minimum absolute atomic E-state index is 0.444. The number of hydrogen-bond acceptors (Lipinski definition) is 2. The second kappa shape index (κ2) is 6.55. The van der Waals surface area contributed by atoms with E-state index in [1.54, 1.807) is 0 Å². The largest absolute Gasteiger partial charge is 0.327 e. The molecule has 1 fully saturated rings. The number of rotatable bonds is 4. The van der Waals surface area contributed by atoms with Gasteiger partial charge >= 0.3 is 0 Å². The molecule has 1 aliphatic heterocycles. The van der Waals surface area contributed by atoms with E-state index in [-0.39, 0.29) is 0 Å². The summed E-state index contributed by atoms with van der Waals surface area (Å²) in [5.41, 5.74) is 2.09. The number of aryl methyl sites for hydroxylation is 1. The monoisotopic (exact) mass is 325 g/mol. The van der Waals surface area contributed by atoms with Gasteiger partial charge in [-0.3, -0.25) is 0 Å². The average Bonchev–Trinajstić information content (AvgIpc) is 2.84. The predicted octanol–water partition coefficient (Wildman–Crippen LogP) is 4.16. The lowest BCUT2D eigenvalue weighted by Gasteiger charge is -2.29. The summed E-state index contributed by atoms with van der Waals surface area (Å²) >= 11 is 12.2. The maximum Gasteiger partial charge on any atom is 0.124 e. The third-order valence-corrected chi connectivity index (χ3v) is 4.98. The molecule has 1 aromatic heterocycles. The molecule has 5 heteroatoms. The van der Waals surface area contributed by atoms with Crippen molar-refractivity contribution in [2.75, 3.05) is 20.1 Å². The Labute approximate surface area is 135 Å². The van der Waals surface area contributed by atoms with Gasteiger partial charge in [-0.1, -0.05) is 11.6 Å². The van der Waals surface area contributed by atoms with Crippen molar-refractivity contribution in [1.82, 2.24) is 14.5 Å². The number of fused-ring (bicyclic) bond motifs is 1. The molecule has 1 saturated heterocycles. The van der Waals surface area contributed by atoms with Gasteiger partial charge in [-0.2, -0.15) is 0 Å².